The van der Waals surface area contributed by atoms with Crippen molar-refractivity contribution in [2.45, 2.75) is 0 Å². The van der Waals surface area contributed by atoms with Gasteiger partial charge in [-0.1, -0.05) is 0 Å². The van der Waals surface area contributed by atoms with Crippen LogP contribution in [0.1, 0.15) is 0 Å². The van der Waals surface area contributed by atoms with Crippen molar-refractivity contribution in [3.05, 3.63) is 0 Å². The summed E-state index contributed by atoms with van der Waals surface area (Å²) in [5, 5.41) is 8.18. The first-order valence-corrected chi connectivity index (χ1v) is 4.03. The maximum absolute atomic E-state index is 9.75. The van der Waals surface area contributed by atoms with Gasteiger partial charge in [-0.2, -0.15) is 14.0 Å². The second-order valence-corrected chi connectivity index (χ2v) is 2.50. The summed E-state index contributed by atoms with van der Waals surface area (Å²) in [6.07, 6.45) is 0. The molecule has 0 aromatic rings. The standard InChI is InChI=1S/C4H9ClO6.Na.H/c6-1-2-10-3-4-11-5(7,8)9;;/h6H,1-4H2;;. The van der Waals surface area contributed by atoms with E-state index >= 15 is 0 Å². The van der Waals surface area contributed by atoms with Crippen LogP contribution in [-0.4, -0.2) is 61.1 Å². The smallest absolute Gasteiger partial charge is 0.226 e. The van der Waals surface area contributed by atoms with E-state index in [-0.39, 0.29) is 56.0 Å². The van der Waals surface area contributed by atoms with Gasteiger partial charge >= 0.3 is 29.6 Å². The molecule has 0 saturated carbocycles. The topological polar surface area (TPSA) is 108 Å². The number of aliphatic hydroxyl groups is 1. The van der Waals surface area contributed by atoms with E-state index in [2.05, 4.69) is 9.03 Å². The fourth-order valence-corrected chi connectivity index (χ4v) is 0.604. The zero-order valence-corrected chi connectivity index (χ0v) is 6.45. The average Bonchev–Trinajstić information content (AvgIpc) is 1.85. The summed E-state index contributed by atoms with van der Waals surface area (Å²) in [5.74, 6) is 0. The molecule has 0 saturated heterocycles. The van der Waals surface area contributed by atoms with E-state index in [9.17, 15) is 14.0 Å². The first-order chi connectivity index (χ1) is 5.06. The number of hydrogen-bond donors (Lipinski definition) is 1. The van der Waals surface area contributed by atoms with Gasteiger partial charge in [0.15, 0.2) is 0 Å². The zero-order chi connectivity index (χ0) is 8.74. The van der Waals surface area contributed by atoms with Gasteiger partial charge in [0.2, 0.25) is 6.61 Å². The van der Waals surface area contributed by atoms with Gasteiger partial charge in [0.25, 0.3) is 0 Å². The third-order valence-corrected chi connectivity index (χ3v) is 1.10. The molecule has 70 valence electrons. The van der Waals surface area contributed by atoms with Crippen LogP contribution in [0.25, 0.3) is 0 Å². The summed E-state index contributed by atoms with van der Waals surface area (Å²) >= 11 is 0. The number of hydrogen-bond acceptors (Lipinski definition) is 6. The van der Waals surface area contributed by atoms with Crippen molar-refractivity contribution in [2.24, 2.45) is 0 Å². The number of rotatable bonds is 6. The summed E-state index contributed by atoms with van der Waals surface area (Å²) in [7, 11) is -4.35. The number of halogens is 1. The summed E-state index contributed by atoms with van der Waals surface area (Å²) < 4.78 is 37.6. The third-order valence-electron chi connectivity index (χ3n) is 0.674. The fraction of sp³-hybridized carbons (Fsp3) is 1.00. The van der Waals surface area contributed by atoms with Gasteiger partial charge in [-0.25, -0.2) is 0 Å². The van der Waals surface area contributed by atoms with E-state index in [4.69, 9.17) is 5.11 Å². The molecule has 0 bridgehead atoms. The molecule has 0 radical (unpaired) electrons. The molecule has 0 rings (SSSR count). The van der Waals surface area contributed by atoms with E-state index < -0.39 is 10.2 Å². The summed E-state index contributed by atoms with van der Waals surface area (Å²) in [6.45, 7) is -0.413. The molecule has 0 spiro atoms. The van der Waals surface area contributed by atoms with E-state index in [0.717, 1.165) is 0 Å². The predicted octanol–water partition coefficient (Wildman–Crippen LogP) is -4.74. The minimum Gasteiger partial charge on any atom is -0.394 e. The molecule has 0 heterocycles. The summed E-state index contributed by atoms with van der Waals surface area (Å²) in [5.41, 5.74) is 0. The van der Waals surface area contributed by atoms with Crippen molar-refractivity contribution >= 4 is 29.6 Å². The first-order valence-electron chi connectivity index (χ1n) is 2.80. The number of ether oxygens (including phenoxy) is 1. The van der Waals surface area contributed by atoms with Crippen LogP contribution < -0.4 is 14.0 Å². The first kappa shape index (κ1) is 15.5. The Morgan fingerprint density at radius 3 is 2.08 bits per heavy atom. The molecule has 1 N–H and O–H groups in total. The quantitative estimate of drug-likeness (QED) is 0.350. The van der Waals surface area contributed by atoms with Gasteiger partial charge < -0.3 is 9.84 Å². The van der Waals surface area contributed by atoms with Crippen molar-refractivity contribution in [2.75, 3.05) is 26.4 Å². The third kappa shape index (κ3) is 13.6. The minimum absolute atomic E-state index is 0. The molecule has 0 fully saturated rings. The molecule has 0 aliphatic carbocycles. The van der Waals surface area contributed by atoms with Crippen molar-refractivity contribution in [3.8, 4) is 0 Å². The van der Waals surface area contributed by atoms with E-state index in [0.29, 0.717) is 0 Å². The van der Waals surface area contributed by atoms with Crippen LogP contribution in [0.5, 0.6) is 0 Å². The van der Waals surface area contributed by atoms with Crippen LogP contribution >= 0.6 is 0 Å². The molecule has 0 atom stereocenters. The molecular formula is C4H10ClNaO6. The van der Waals surface area contributed by atoms with Crippen LogP contribution in [0.3, 0.4) is 0 Å². The molecule has 12 heavy (non-hydrogen) atoms. The van der Waals surface area contributed by atoms with Crippen molar-refractivity contribution < 1.29 is 38.4 Å². The summed E-state index contributed by atoms with van der Waals surface area (Å²) in [4.78, 5) is 0. The van der Waals surface area contributed by atoms with Crippen LogP contribution in [0.2, 0.25) is 0 Å². The van der Waals surface area contributed by atoms with Crippen molar-refractivity contribution in [1.82, 2.24) is 0 Å². The number of aliphatic hydroxyl groups excluding tert-OH is 1. The molecule has 0 unspecified atom stereocenters. The van der Waals surface area contributed by atoms with Crippen LogP contribution in [0.15, 0.2) is 0 Å². The molecular weight excluding hydrogens is 202 g/mol. The molecule has 6 nitrogen and oxygen atoms in total. The van der Waals surface area contributed by atoms with Gasteiger partial charge in [-0.3, -0.25) is 0 Å². The Balaban J connectivity index is 0. The Morgan fingerprint density at radius 1 is 1.08 bits per heavy atom. The molecule has 0 aromatic carbocycles. The summed E-state index contributed by atoms with van der Waals surface area (Å²) in [6, 6.07) is 0. The monoisotopic (exact) mass is 212 g/mol. The molecule has 0 aliphatic rings. The van der Waals surface area contributed by atoms with Gasteiger partial charge in [-0.05, 0) is 0 Å². The van der Waals surface area contributed by atoms with Gasteiger partial charge in [0.1, 0.15) is 0 Å². The SMILES string of the molecule is [NaH].[O-][Cl+3]([O-])([O-])OCCOCCO. The molecule has 0 aliphatic heterocycles. The van der Waals surface area contributed by atoms with E-state index in [1.807, 2.05) is 0 Å². The Morgan fingerprint density at radius 2 is 1.67 bits per heavy atom. The van der Waals surface area contributed by atoms with Gasteiger partial charge in [0.05, 0.1) is 34.4 Å². The van der Waals surface area contributed by atoms with Crippen LogP contribution in [-0.2, 0) is 9.03 Å². The zero-order valence-electron chi connectivity index (χ0n) is 5.69. The normalized spacial score (nSPS) is 11.0. The van der Waals surface area contributed by atoms with E-state index in [1.54, 1.807) is 0 Å². The van der Waals surface area contributed by atoms with Crippen molar-refractivity contribution in [1.29, 1.82) is 0 Å². The second kappa shape index (κ2) is 8.64. The van der Waals surface area contributed by atoms with Gasteiger partial charge in [0, 0.05) is 0 Å². The average molecular weight is 213 g/mol. The Labute approximate surface area is 94.1 Å². The van der Waals surface area contributed by atoms with Crippen LogP contribution in [0.4, 0.5) is 0 Å². The maximum atomic E-state index is 9.75. The maximum Gasteiger partial charge on any atom is 0.226 e. The Hall–Kier alpha value is 1.05. The van der Waals surface area contributed by atoms with Gasteiger partial charge in [-0.15, -0.1) is 0 Å². The fourth-order valence-electron chi connectivity index (χ4n) is 0.352. The largest absolute Gasteiger partial charge is 0.394 e. The van der Waals surface area contributed by atoms with Crippen molar-refractivity contribution in [3.63, 3.8) is 0 Å². The molecule has 0 amide bonds. The van der Waals surface area contributed by atoms with Crippen LogP contribution in [0, 0.1) is 10.2 Å². The second-order valence-electron chi connectivity index (χ2n) is 1.53. The molecule has 0 aromatic heterocycles. The predicted molar refractivity (Wildman–Crippen MR) is 31.0 cm³/mol. The minimum atomic E-state index is -4.35. The Bertz CT molecular complexity index is 96.0. The molecule has 8 heteroatoms. The van der Waals surface area contributed by atoms with E-state index in [1.165, 1.54) is 0 Å². The Kier molecular flexibility index (Phi) is 11.2.